The predicted octanol–water partition coefficient (Wildman–Crippen LogP) is 0.00810. The summed E-state index contributed by atoms with van der Waals surface area (Å²) in [7, 11) is 0. The number of rotatable bonds is 7. The molecule has 1 saturated carbocycles. The first-order valence-electron chi connectivity index (χ1n) is 10.1. The Kier molecular flexibility index (Phi) is 6.13. The fourth-order valence-corrected chi connectivity index (χ4v) is 3.87. The number of benzene rings is 1. The first-order valence-corrected chi connectivity index (χ1v) is 10.1. The van der Waals surface area contributed by atoms with Crippen LogP contribution in [0.5, 0.6) is 0 Å². The van der Waals surface area contributed by atoms with E-state index in [-0.39, 0.29) is 5.91 Å². The summed E-state index contributed by atoms with van der Waals surface area (Å²) in [5.74, 6) is 1.58. The van der Waals surface area contributed by atoms with Gasteiger partial charge in [0, 0.05) is 11.6 Å². The summed E-state index contributed by atoms with van der Waals surface area (Å²) >= 11 is 0. The van der Waals surface area contributed by atoms with Crippen LogP contribution in [-0.2, 0) is 11.3 Å². The van der Waals surface area contributed by atoms with E-state index in [0.717, 1.165) is 38.6 Å². The molecule has 1 aromatic carbocycles. The fourth-order valence-electron chi connectivity index (χ4n) is 3.87. The largest absolute Gasteiger partial charge is 0.348 e. The summed E-state index contributed by atoms with van der Waals surface area (Å²) < 4.78 is 0. The van der Waals surface area contributed by atoms with Gasteiger partial charge in [0.05, 0.1) is 0 Å². The van der Waals surface area contributed by atoms with Crippen molar-refractivity contribution in [2.24, 2.45) is 5.92 Å². The number of carbonyl (C=O) groups excluding carboxylic acids is 1. The number of carbonyl (C=O) groups is 1. The third kappa shape index (κ3) is 5.55. The minimum Gasteiger partial charge on any atom is -0.348 e. The van der Waals surface area contributed by atoms with Gasteiger partial charge in [0.15, 0.2) is 6.54 Å². The molecule has 0 radical (unpaired) electrons. The Morgan fingerprint density at radius 3 is 2.20 bits per heavy atom. The zero-order valence-corrected chi connectivity index (χ0v) is 16.1. The molecule has 1 saturated heterocycles. The Morgan fingerprint density at radius 1 is 1.04 bits per heavy atom. The lowest BCUT2D eigenvalue weighted by Gasteiger charge is -2.29. The number of piperazine rings is 1. The van der Waals surface area contributed by atoms with Crippen molar-refractivity contribution in [3.05, 3.63) is 35.4 Å². The van der Waals surface area contributed by atoms with E-state index in [2.05, 4.69) is 50.4 Å². The first kappa shape index (κ1) is 18.4. The van der Waals surface area contributed by atoms with Crippen LogP contribution in [0.15, 0.2) is 24.3 Å². The maximum absolute atomic E-state index is 12.2. The van der Waals surface area contributed by atoms with Crippen LogP contribution in [0.25, 0.3) is 0 Å². The zero-order valence-electron chi connectivity index (χ0n) is 16.1. The highest BCUT2D eigenvalue weighted by atomic mass is 16.2. The minimum atomic E-state index is 0.238. The van der Waals surface area contributed by atoms with Gasteiger partial charge in [0.25, 0.3) is 5.91 Å². The molecule has 1 aliphatic carbocycles. The van der Waals surface area contributed by atoms with Crippen LogP contribution in [0.4, 0.5) is 0 Å². The molecule has 2 fully saturated rings. The molecule has 138 valence electrons. The van der Waals surface area contributed by atoms with Gasteiger partial charge in [-0.3, -0.25) is 4.79 Å². The van der Waals surface area contributed by atoms with Crippen LogP contribution in [-0.4, -0.2) is 44.7 Å². The standard InChI is InChI=1S/C21H33N3O/c1-16(2)19-6-4-18(5-7-19)14-23-10-12-24(13-11-23)15-21(25)22-17(3)20-8-9-20/h4-7,16-17,20H,8-15H2,1-3H3,(H,22,25)/p+2/t17-/m0/s1. The minimum absolute atomic E-state index is 0.238. The van der Waals surface area contributed by atoms with Crippen molar-refractivity contribution >= 4 is 5.91 Å². The second-order valence-corrected chi connectivity index (χ2v) is 8.44. The van der Waals surface area contributed by atoms with Crippen molar-refractivity contribution in [1.29, 1.82) is 0 Å². The van der Waals surface area contributed by atoms with Crippen molar-refractivity contribution in [1.82, 2.24) is 5.32 Å². The van der Waals surface area contributed by atoms with Crippen LogP contribution in [0.3, 0.4) is 0 Å². The van der Waals surface area contributed by atoms with Crippen LogP contribution in [0.1, 0.15) is 50.7 Å². The average Bonchev–Trinajstić information content (AvgIpc) is 3.42. The van der Waals surface area contributed by atoms with E-state index in [1.54, 1.807) is 4.90 Å². The quantitative estimate of drug-likeness (QED) is 0.640. The molecule has 1 aromatic rings. The maximum Gasteiger partial charge on any atom is 0.275 e. The summed E-state index contributed by atoms with van der Waals surface area (Å²) in [5, 5.41) is 3.19. The van der Waals surface area contributed by atoms with Crippen molar-refractivity contribution in [3.8, 4) is 0 Å². The molecule has 3 N–H and O–H groups in total. The van der Waals surface area contributed by atoms with E-state index >= 15 is 0 Å². The van der Waals surface area contributed by atoms with E-state index in [1.165, 1.54) is 28.9 Å². The number of hydrogen-bond acceptors (Lipinski definition) is 1. The molecule has 1 amide bonds. The fraction of sp³-hybridized carbons (Fsp3) is 0.667. The molecule has 4 heteroatoms. The van der Waals surface area contributed by atoms with E-state index < -0.39 is 0 Å². The molecule has 25 heavy (non-hydrogen) atoms. The summed E-state index contributed by atoms with van der Waals surface area (Å²) in [6, 6.07) is 9.48. The van der Waals surface area contributed by atoms with E-state index in [1.807, 2.05) is 0 Å². The van der Waals surface area contributed by atoms with Gasteiger partial charge >= 0.3 is 0 Å². The Labute approximate surface area is 152 Å². The average molecular weight is 346 g/mol. The second kappa shape index (κ2) is 8.33. The zero-order chi connectivity index (χ0) is 17.8. The molecule has 1 atom stereocenters. The Bertz CT molecular complexity index is 557. The van der Waals surface area contributed by atoms with Gasteiger partial charge in [0.1, 0.15) is 32.7 Å². The van der Waals surface area contributed by atoms with Crippen molar-refractivity contribution in [3.63, 3.8) is 0 Å². The summed E-state index contributed by atoms with van der Waals surface area (Å²) in [4.78, 5) is 15.3. The molecule has 1 aliphatic heterocycles. The smallest absolute Gasteiger partial charge is 0.275 e. The van der Waals surface area contributed by atoms with Gasteiger partial charge in [-0.2, -0.15) is 0 Å². The first-order chi connectivity index (χ1) is 12.0. The molecular formula is C21H35N3O+2. The van der Waals surface area contributed by atoms with Gasteiger partial charge in [-0.25, -0.2) is 0 Å². The Balaban J connectivity index is 1.38. The normalized spacial score (nSPS) is 25.0. The van der Waals surface area contributed by atoms with Gasteiger partial charge in [0.2, 0.25) is 0 Å². The van der Waals surface area contributed by atoms with Gasteiger partial charge in [-0.15, -0.1) is 0 Å². The van der Waals surface area contributed by atoms with Gasteiger partial charge in [-0.1, -0.05) is 38.1 Å². The third-order valence-electron chi connectivity index (χ3n) is 5.89. The SMILES string of the molecule is CC(C)c1ccc(C[NH+]2CC[NH+](CC(=O)N[C@@H](C)C3CC3)CC2)cc1. The van der Waals surface area contributed by atoms with Gasteiger partial charge < -0.3 is 15.1 Å². The lowest BCUT2D eigenvalue weighted by molar-refractivity contribution is -1.02. The number of quaternary nitrogens is 2. The summed E-state index contributed by atoms with van der Waals surface area (Å²) in [6.45, 7) is 12.9. The molecule has 1 heterocycles. The molecule has 4 nitrogen and oxygen atoms in total. The molecule has 0 bridgehead atoms. The molecule has 2 aliphatic rings. The highest BCUT2D eigenvalue weighted by molar-refractivity contribution is 5.77. The van der Waals surface area contributed by atoms with Crippen molar-refractivity contribution < 1.29 is 14.6 Å². The number of amides is 1. The van der Waals surface area contributed by atoms with Crippen molar-refractivity contribution in [2.75, 3.05) is 32.7 Å². The van der Waals surface area contributed by atoms with Crippen molar-refractivity contribution in [2.45, 2.75) is 52.1 Å². The van der Waals surface area contributed by atoms with Crippen LogP contribution >= 0.6 is 0 Å². The van der Waals surface area contributed by atoms with E-state index in [9.17, 15) is 4.79 Å². The molecular weight excluding hydrogens is 310 g/mol. The molecule has 0 spiro atoms. The molecule has 3 rings (SSSR count). The second-order valence-electron chi connectivity index (χ2n) is 8.44. The lowest BCUT2D eigenvalue weighted by atomic mass is 10.0. The highest BCUT2D eigenvalue weighted by Crippen LogP contribution is 2.32. The van der Waals surface area contributed by atoms with Crippen LogP contribution in [0, 0.1) is 5.92 Å². The van der Waals surface area contributed by atoms with E-state index in [0.29, 0.717) is 18.5 Å². The summed E-state index contributed by atoms with van der Waals surface area (Å²) in [5.41, 5.74) is 2.85. The van der Waals surface area contributed by atoms with Gasteiger partial charge in [-0.05, 0) is 37.2 Å². The topological polar surface area (TPSA) is 38.0 Å². The Morgan fingerprint density at radius 2 is 1.64 bits per heavy atom. The maximum atomic E-state index is 12.2. The molecule has 0 aromatic heterocycles. The predicted molar refractivity (Wildman–Crippen MR) is 101 cm³/mol. The number of nitrogens with one attached hydrogen (secondary N) is 3. The third-order valence-corrected chi connectivity index (χ3v) is 5.89. The molecule has 0 unspecified atom stereocenters. The number of hydrogen-bond donors (Lipinski definition) is 3. The van der Waals surface area contributed by atoms with E-state index in [4.69, 9.17) is 0 Å². The summed E-state index contributed by atoms with van der Waals surface area (Å²) in [6.07, 6.45) is 2.57. The lowest BCUT2D eigenvalue weighted by Crippen LogP contribution is -3.28. The highest BCUT2D eigenvalue weighted by Gasteiger charge is 2.30. The van der Waals surface area contributed by atoms with Crippen LogP contribution < -0.4 is 15.1 Å². The Hall–Kier alpha value is -1.39. The van der Waals surface area contributed by atoms with Crippen LogP contribution in [0.2, 0.25) is 0 Å². The monoisotopic (exact) mass is 345 g/mol.